The van der Waals surface area contributed by atoms with E-state index in [9.17, 15) is 0 Å². The van der Waals surface area contributed by atoms with E-state index in [4.69, 9.17) is 27.5 Å². The molecule has 0 unspecified atom stereocenters. The largest absolute Gasteiger partial charge is 0.490 e. The minimum Gasteiger partial charge on any atom is -0.490 e. The van der Waals surface area contributed by atoms with Crippen LogP contribution in [0.15, 0.2) is 12.1 Å². The number of hydrogen-bond acceptors (Lipinski definition) is 4. The average molecular weight is 269 g/mol. The SMILES string of the molecule is CN1CCC(Oc2cc(Cl)nc(C(=N)N)c2)CC1. The Morgan fingerprint density at radius 1 is 1.50 bits per heavy atom. The van der Waals surface area contributed by atoms with E-state index in [0.717, 1.165) is 25.9 Å². The van der Waals surface area contributed by atoms with Crippen molar-refractivity contribution in [3.8, 4) is 5.75 Å². The van der Waals surface area contributed by atoms with Gasteiger partial charge < -0.3 is 15.4 Å². The molecule has 5 nitrogen and oxygen atoms in total. The molecule has 0 saturated carbocycles. The fourth-order valence-electron chi connectivity index (χ4n) is 1.97. The van der Waals surface area contributed by atoms with Gasteiger partial charge in [-0.25, -0.2) is 4.98 Å². The molecule has 1 saturated heterocycles. The number of ether oxygens (including phenoxy) is 1. The number of piperidine rings is 1. The summed E-state index contributed by atoms with van der Waals surface area (Å²) in [5.74, 6) is 0.528. The highest BCUT2D eigenvalue weighted by Gasteiger charge is 2.18. The molecule has 1 fully saturated rings. The summed E-state index contributed by atoms with van der Waals surface area (Å²) >= 11 is 5.88. The first-order valence-electron chi connectivity index (χ1n) is 5.92. The summed E-state index contributed by atoms with van der Waals surface area (Å²) in [7, 11) is 2.10. The maximum atomic E-state index is 7.37. The summed E-state index contributed by atoms with van der Waals surface area (Å²) in [6.07, 6.45) is 2.18. The fourth-order valence-corrected chi connectivity index (χ4v) is 2.17. The second-order valence-corrected chi connectivity index (χ2v) is 4.93. The molecule has 0 aliphatic carbocycles. The van der Waals surface area contributed by atoms with E-state index in [1.807, 2.05) is 0 Å². The first-order valence-corrected chi connectivity index (χ1v) is 6.29. The highest BCUT2D eigenvalue weighted by Crippen LogP contribution is 2.22. The molecule has 0 radical (unpaired) electrons. The van der Waals surface area contributed by atoms with Crippen LogP contribution in [-0.4, -0.2) is 42.0 Å². The molecular formula is C12H17ClN4O. The lowest BCUT2D eigenvalue weighted by atomic mass is 10.1. The Morgan fingerprint density at radius 2 is 2.17 bits per heavy atom. The normalized spacial score (nSPS) is 17.7. The average Bonchev–Trinajstić information content (AvgIpc) is 2.31. The Bertz CT molecular complexity index is 444. The quantitative estimate of drug-likeness (QED) is 0.495. The second-order valence-electron chi connectivity index (χ2n) is 4.54. The van der Waals surface area contributed by atoms with Crippen molar-refractivity contribution in [2.45, 2.75) is 18.9 Å². The van der Waals surface area contributed by atoms with Gasteiger partial charge in [0.25, 0.3) is 0 Å². The first-order chi connectivity index (χ1) is 8.54. The molecule has 6 heteroatoms. The van der Waals surface area contributed by atoms with Crippen LogP contribution in [0.3, 0.4) is 0 Å². The lowest BCUT2D eigenvalue weighted by molar-refractivity contribution is 0.114. The molecular weight excluding hydrogens is 252 g/mol. The van der Waals surface area contributed by atoms with Gasteiger partial charge in [-0.05, 0) is 19.9 Å². The first kappa shape index (κ1) is 13.1. The number of nitrogens with zero attached hydrogens (tertiary/aromatic N) is 2. The predicted molar refractivity (Wildman–Crippen MR) is 71.4 cm³/mol. The molecule has 1 aromatic rings. The van der Waals surface area contributed by atoms with Crippen LogP contribution in [-0.2, 0) is 0 Å². The Kier molecular flexibility index (Phi) is 4.04. The molecule has 1 aliphatic heterocycles. The number of likely N-dealkylation sites (tertiary alicyclic amines) is 1. The van der Waals surface area contributed by atoms with Gasteiger partial charge in [0.2, 0.25) is 0 Å². The molecule has 0 atom stereocenters. The van der Waals surface area contributed by atoms with Gasteiger partial charge in [0, 0.05) is 25.2 Å². The number of pyridine rings is 1. The van der Waals surface area contributed by atoms with Crippen LogP contribution < -0.4 is 10.5 Å². The van der Waals surface area contributed by atoms with E-state index in [-0.39, 0.29) is 11.9 Å². The van der Waals surface area contributed by atoms with Gasteiger partial charge in [0.1, 0.15) is 28.5 Å². The van der Waals surface area contributed by atoms with E-state index >= 15 is 0 Å². The Balaban J connectivity index is 2.07. The van der Waals surface area contributed by atoms with Crippen LogP contribution in [0.4, 0.5) is 0 Å². The molecule has 0 aromatic carbocycles. The minimum atomic E-state index is -0.106. The molecule has 2 heterocycles. The van der Waals surface area contributed by atoms with Crippen molar-refractivity contribution >= 4 is 17.4 Å². The highest BCUT2D eigenvalue weighted by molar-refractivity contribution is 6.29. The molecule has 18 heavy (non-hydrogen) atoms. The fraction of sp³-hybridized carbons (Fsp3) is 0.500. The number of halogens is 1. The third-order valence-electron chi connectivity index (χ3n) is 3.01. The zero-order valence-corrected chi connectivity index (χ0v) is 11.1. The van der Waals surface area contributed by atoms with Gasteiger partial charge >= 0.3 is 0 Å². The molecule has 0 amide bonds. The number of nitrogens with one attached hydrogen (secondary N) is 1. The summed E-state index contributed by atoms with van der Waals surface area (Å²) in [6.45, 7) is 2.06. The standard InChI is InChI=1S/C12H17ClN4O/c1-17-4-2-8(3-5-17)18-9-6-10(12(14)15)16-11(13)7-9/h6-8H,2-5H2,1H3,(H3,14,15). The number of rotatable bonds is 3. The summed E-state index contributed by atoms with van der Waals surface area (Å²) < 4.78 is 5.87. The second kappa shape index (κ2) is 5.54. The van der Waals surface area contributed by atoms with E-state index < -0.39 is 0 Å². The molecule has 1 aliphatic rings. The number of nitrogen functional groups attached to an aromatic ring is 1. The van der Waals surface area contributed by atoms with Gasteiger partial charge in [0.05, 0.1) is 0 Å². The lowest BCUT2D eigenvalue weighted by Gasteiger charge is -2.29. The van der Waals surface area contributed by atoms with Crippen LogP contribution in [0, 0.1) is 5.41 Å². The molecule has 2 rings (SSSR count). The Labute approximate surface area is 111 Å². The van der Waals surface area contributed by atoms with E-state index in [0.29, 0.717) is 16.6 Å². The van der Waals surface area contributed by atoms with E-state index in [1.165, 1.54) is 0 Å². The minimum absolute atomic E-state index is 0.106. The Morgan fingerprint density at radius 3 is 2.78 bits per heavy atom. The monoisotopic (exact) mass is 268 g/mol. The molecule has 3 N–H and O–H groups in total. The maximum absolute atomic E-state index is 7.37. The zero-order chi connectivity index (χ0) is 13.1. The summed E-state index contributed by atoms with van der Waals surface area (Å²) in [6, 6.07) is 3.32. The van der Waals surface area contributed by atoms with Crippen molar-refractivity contribution in [3.05, 3.63) is 23.0 Å². The predicted octanol–water partition coefficient (Wildman–Crippen LogP) is 1.49. The van der Waals surface area contributed by atoms with Crippen molar-refractivity contribution in [3.63, 3.8) is 0 Å². The zero-order valence-electron chi connectivity index (χ0n) is 10.3. The molecule has 1 aromatic heterocycles. The third kappa shape index (κ3) is 3.34. The van der Waals surface area contributed by atoms with Crippen molar-refractivity contribution in [2.75, 3.05) is 20.1 Å². The number of nitrogens with two attached hydrogens (primary N) is 1. The number of amidine groups is 1. The topological polar surface area (TPSA) is 75.2 Å². The van der Waals surface area contributed by atoms with Gasteiger partial charge in [-0.1, -0.05) is 11.6 Å². The summed E-state index contributed by atoms with van der Waals surface area (Å²) in [4.78, 5) is 6.24. The summed E-state index contributed by atoms with van der Waals surface area (Å²) in [5, 5.41) is 7.67. The maximum Gasteiger partial charge on any atom is 0.142 e. The van der Waals surface area contributed by atoms with Crippen molar-refractivity contribution in [2.24, 2.45) is 5.73 Å². The number of aromatic nitrogens is 1. The van der Waals surface area contributed by atoms with Crippen LogP contribution in [0.1, 0.15) is 18.5 Å². The smallest absolute Gasteiger partial charge is 0.142 e. The van der Waals surface area contributed by atoms with Gasteiger partial charge in [-0.15, -0.1) is 0 Å². The van der Waals surface area contributed by atoms with Crippen LogP contribution >= 0.6 is 11.6 Å². The van der Waals surface area contributed by atoms with Gasteiger partial charge in [0.15, 0.2) is 0 Å². The third-order valence-corrected chi connectivity index (χ3v) is 3.21. The van der Waals surface area contributed by atoms with E-state index in [2.05, 4.69) is 16.9 Å². The molecule has 0 bridgehead atoms. The van der Waals surface area contributed by atoms with Crippen molar-refractivity contribution in [1.29, 1.82) is 5.41 Å². The van der Waals surface area contributed by atoms with Crippen molar-refractivity contribution in [1.82, 2.24) is 9.88 Å². The van der Waals surface area contributed by atoms with Crippen LogP contribution in [0.25, 0.3) is 0 Å². The summed E-state index contributed by atoms with van der Waals surface area (Å²) in [5.41, 5.74) is 5.76. The Hall–Kier alpha value is -1.33. The van der Waals surface area contributed by atoms with E-state index in [1.54, 1.807) is 12.1 Å². The van der Waals surface area contributed by atoms with Crippen LogP contribution in [0.2, 0.25) is 5.15 Å². The van der Waals surface area contributed by atoms with Crippen LogP contribution in [0.5, 0.6) is 5.75 Å². The van der Waals surface area contributed by atoms with Gasteiger partial charge in [-0.3, -0.25) is 5.41 Å². The van der Waals surface area contributed by atoms with Gasteiger partial charge in [-0.2, -0.15) is 0 Å². The van der Waals surface area contributed by atoms with Crippen molar-refractivity contribution < 1.29 is 4.74 Å². The molecule has 98 valence electrons. The lowest BCUT2D eigenvalue weighted by Crippen LogP contribution is -2.35. The number of hydrogen-bond donors (Lipinski definition) is 2. The molecule has 0 spiro atoms. The highest BCUT2D eigenvalue weighted by atomic mass is 35.5.